The van der Waals surface area contributed by atoms with E-state index in [1.54, 1.807) is 12.2 Å². The molecule has 0 heterocycles. The van der Waals surface area contributed by atoms with Crippen molar-refractivity contribution in [3.05, 3.63) is 90.6 Å². The fourth-order valence-corrected chi connectivity index (χ4v) is 2.40. The monoisotopic (exact) mass is 448 g/mol. The Bertz CT molecular complexity index is 816. The molecule has 0 aromatic heterocycles. The van der Waals surface area contributed by atoms with E-state index in [1.807, 2.05) is 44.2 Å². The Morgan fingerprint density at radius 1 is 0.875 bits per heavy atom. The number of ether oxygens (including phenoxy) is 2. The van der Waals surface area contributed by atoms with Gasteiger partial charge in [-0.15, -0.1) is 0 Å². The molecular formula is C26H31F3O3. The van der Waals surface area contributed by atoms with Crippen LogP contribution in [-0.2, 0) is 15.7 Å². The number of carbonyl (C=O) groups excluding carboxylic acids is 1. The van der Waals surface area contributed by atoms with E-state index in [0.717, 1.165) is 31.4 Å². The summed E-state index contributed by atoms with van der Waals surface area (Å²) in [6.07, 6.45) is 17.7. The van der Waals surface area contributed by atoms with Crippen molar-refractivity contribution in [3.63, 3.8) is 0 Å². The van der Waals surface area contributed by atoms with E-state index in [-0.39, 0.29) is 24.4 Å². The van der Waals surface area contributed by atoms with Gasteiger partial charge in [-0.1, -0.05) is 60.8 Å². The standard InChI is InChI=1S/C26H31F3O3/c1-22(2)32-25(30)19-14-12-10-8-6-4-3-5-7-9-11-13-15-20-31-24-18-16-17-23(21-24)26(27,28)29/h3-4,7-10,13-19,21-22H,5-6,11-12,20H2,1-2H3/b4-3-,9-7-,10-8-,15-13-,19-14+. The topological polar surface area (TPSA) is 35.5 Å². The first-order valence-electron chi connectivity index (χ1n) is 10.6. The van der Waals surface area contributed by atoms with Crippen LogP contribution in [0.3, 0.4) is 0 Å². The Balaban J connectivity index is 2.11. The summed E-state index contributed by atoms with van der Waals surface area (Å²) in [6.45, 7) is 3.84. The summed E-state index contributed by atoms with van der Waals surface area (Å²) >= 11 is 0. The molecule has 0 N–H and O–H groups in total. The lowest BCUT2D eigenvalue weighted by Gasteiger charge is -2.08. The van der Waals surface area contributed by atoms with Crippen LogP contribution in [0.1, 0.15) is 45.1 Å². The number of benzene rings is 1. The molecule has 0 saturated carbocycles. The quantitative estimate of drug-likeness (QED) is 0.179. The number of hydrogen-bond donors (Lipinski definition) is 0. The molecule has 1 aromatic rings. The third kappa shape index (κ3) is 14.1. The molecule has 0 atom stereocenters. The minimum absolute atomic E-state index is 0.107. The summed E-state index contributed by atoms with van der Waals surface area (Å²) in [5.74, 6) is -0.123. The lowest BCUT2D eigenvalue weighted by Crippen LogP contribution is -2.08. The summed E-state index contributed by atoms with van der Waals surface area (Å²) in [7, 11) is 0. The van der Waals surface area contributed by atoms with Gasteiger partial charge < -0.3 is 9.47 Å². The lowest BCUT2D eigenvalue weighted by molar-refractivity contribution is -0.141. The van der Waals surface area contributed by atoms with Crippen molar-refractivity contribution >= 4 is 5.97 Å². The second-order valence-corrected chi connectivity index (χ2v) is 7.05. The van der Waals surface area contributed by atoms with Gasteiger partial charge in [-0.2, -0.15) is 13.2 Å². The Labute approximate surface area is 188 Å². The maximum Gasteiger partial charge on any atom is 0.416 e. The number of rotatable bonds is 13. The molecule has 0 spiro atoms. The van der Waals surface area contributed by atoms with Gasteiger partial charge in [0.05, 0.1) is 11.7 Å². The van der Waals surface area contributed by atoms with Crippen molar-refractivity contribution in [3.8, 4) is 5.75 Å². The van der Waals surface area contributed by atoms with Crippen LogP contribution >= 0.6 is 0 Å². The third-order valence-electron chi connectivity index (χ3n) is 3.87. The predicted octanol–water partition coefficient (Wildman–Crippen LogP) is 7.38. The molecule has 0 radical (unpaired) electrons. The lowest BCUT2D eigenvalue weighted by atomic mass is 10.2. The molecule has 3 nitrogen and oxygen atoms in total. The zero-order valence-electron chi connectivity index (χ0n) is 18.6. The normalized spacial score (nSPS) is 12.9. The molecule has 174 valence electrons. The highest BCUT2D eigenvalue weighted by Gasteiger charge is 2.30. The van der Waals surface area contributed by atoms with Crippen LogP contribution in [0.5, 0.6) is 5.75 Å². The van der Waals surface area contributed by atoms with Gasteiger partial charge in [0.25, 0.3) is 0 Å². The van der Waals surface area contributed by atoms with E-state index in [9.17, 15) is 18.0 Å². The molecule has 0 aliphatic heterocycles. The molecule has 0 unspecified atom stereocenters. The molecule has 0 amide bonds. The Hall–Kier alpha value is -3.02. The Morgan fingerprint density at radius 3 is 1.94 bits per heavy atom. The fourth-order valence-electron chi connectivity index (χ4n) is 2.40. The maximum atomic E-state index is 12.6. The first-order chi connectivity index (χ1) is 15.3. The summed E-state index contributed by atoms with van der Waals surface area (Å²) in [6, 6.07) is 4.85. The van der Waals surface area contributed by atoms with E-state index >= 15 is 0 Å². The van der Waals surface area contributed by atoms with E-state index in [2.05, 4.69) is 12.2 Å². The van der Waals surface area contributed by atoms with Gasteiger partial charge in [0.15, 0.2) is 0 Å². The zero-order valence-corrected chi connectivity index (χ0v) is 18.6. The molecule has 0 saturated heterocycles. The van der Waals surface area contributed by atoms with E-state index in [1.165, 1.54) is 18.2 Å². The smallest absolute Gasteiger partial charge is 0.416 e. The molecule has 0 bridgehead atoms. The number of halogens is 3. The molecular weight excluding hydrogens is 417 g/mol. The highest BCUT2D eigenvalue weighted by molar-refractivity contribution is 5.82. The van der Waals surface area contributed by atoms with Crippen LogP contribution in [0.15, 0.2) is 85.0 Å². The first-order valence-corrected chi connectivity index (χ1v) is 10.6. The van der Waals surface area contributed by atoms with Crippen molar-refractivity contribution in [2.75, 3.05) is 6.61 Å². The minimum Gasteiger partial charge on any atom is -0.490 e. The van der Waals surface area contributed by atoms with Gasteiger partial charge in [-0.05, 0) is 57.7 Å². The first kappa shape index (κ1) is 27.0. The van der Waals surface area contributed by atoms with E-state index < -0.39 is 11.7 Å². The highest BCUT2D eigenvalue weighted by Crippen LogP contribution is 2.31. The molecule has 32 heavy (non-hydrogen) atoms. The van der Waals surface area contributed by atoms with Crippen molar-refractivity contribution in [2.45, 2.75) is 51.8 Å². The molecule has 1 rings (SSSR count). The summed E-state index contributed by atoms with van der Waals surface area (Å²) in [4.78, 5) is 11.3. The van der Waals surface area contributed by atoms with Crippen LogP contribution < -0.4 is 4.74 Å². The molecule has 0 aliphatic carbocycles. The van der Waals surface area contributed by atoms with Crippen LogP contribution in [0.25, 0.3) is 0 Å². The Kier molecular flexibility index (Phi) is 13.3. The number of carbonyl (C=O) groups is 1. The van der Waals surface area contributed by atoms with E-state index in [4.69, 9.17) is 9.47 Å². The maximum absolute atomic E-state index is 12.6. The van der Waals surface area contributed by atoms with Gasteiger partial charge in [0.1, 0.15) is 12.4 Å². The highest BCUT2D eigenvalue weighted by atomic mass is 19.4. The SMILES string of the molecule is CC(C)OC(=O)/C=C/C/C=C\C/C=C\C/C=C\C/C=C\COc1cccc(C(F)(F)F)c1. The van der Waals surface area contributed by atoms with Crippen LogP contribution in [-0.4, -0.2) is 18.7 Å². The van der Waals surface area contributed by atoms with Crippen LogP contribution in [0.2, 0.25) is 0 Å². The fraction of sp³-hybridized carbons (Fsp3) is 0.346. The number of esters is 1. The number of allylic oxidation sites excluding steroid dienone is 8. The van der Waals surface area contributed by atoms with E-state index in [0.29, 0.717) is 6.42 Å². The van der Waals surface area contributed by atoms with Crippen molar-refractivity contribution in [1.29, 1.82) is 0 Å². The van der Waals surface area contributed by atoms with Crippen molar-refractivity contribution in [2.24, 2.45) is 0 Å². The van der Waals surface area contributed by atoms with Gasteiger partial charge >= 0.3 is 12.1 Å². The second kappa shape index (κ2) is 15.7. The van der Waals surface area contributed by atoms with Crippen molar-refractivity contribution < 1.29 is 27.4 Å². The largest absolute Gasteiger partial charge is 0.490 e. The van der Waals surface area contributed by atoms with Gasteiger partial charge in [-0.25, -0.2) is 4.79 Å². The second-order valence-electron chi connectivity index (χ2n) is 7.05. The molecule has 6 heteroatoms. The summed E-state index contributed by atoms with van der Waals surface area (Å²) in [5.41, 5.74) is -0.717. The van der Waals surface area contributed by atoms with Gasteiger partial charge in [0, 0.05) is 6.08 Å². The average molecular weight is 449 g/mol. The molecule has 0 fully saturated rings. The van der Waals surface area contributed by atoms with Crippen molar-refractivity contribution in [1.82, 2.24) is 0 Å². The van der Waals surface area contributed by atoms with Gasteiger partial charge in [-0.3, -0.25) is 0 Å². The average Bonchev–Trinajstić information content (AvgIpc) is 2.72. The number of alkyl halides is 3. The third-order valence-corrected chi connectivity index (χ3v) is 3.87. The van der Waals surface area contributed by atoms with Gasteiger partial charge in [0.2, 0.25) is 0 Å². The Morgan fingerprint density at radius 2 is 1.41 bits per heavy atom. The van der Waals surface area contributed by atoms with Crippen LogP contribution in [0, 0.1) is 0 Å². The number of hydrogen-bond acceptors (Lipinski definition) is 3. The molecule has 0 aliphatic rings. The minimum atomic E-state index is -4.37. The molecule has 1 aromatic carbocycles. The summed E-state index contributed by atoms with van der Waals surface area (Å²) < 4.78 is 48.2. The van der Waals surface area contributed by atoms with Crippen LogP contribution in [0.4, 0.5) is 13.2 Å². The predicted molar refractivity (Wildman–Crippen MR) is 122 cm³/mol. The zero-order chi connectivity index (χ0) is 23.7. The summed E-state index contributed by atoms with van der Waals surface area (Å²) in [5, 5.41) is 0.